The molecule has 7 nitrogen and oxygen atoms in total. The Labute approximate surface area is 174 Å². The summed E-state index contributed by atoms with van der Waals surface area (Å²) in [6, 6.07) is 10.9. The maximum Gasteiger partial charge on any atom is 0.241 e. The number of hydrogen-bond donors (Lipinski definition) is 1. The van der Waals surface area contributed by atoms with Gasteiger partial charge in [-0.1, -0.05) is 23.7 Å². The van der Waals surface area contributed by atoms with E-state index in [-0.39, 0.29) is 4.90 Å². The van der Waals surface area contributed by atoms with E-state index >= 15 is 0 Å². The van der Waals surface area contributed by atoms with Crippen molar-refractivity contribution >= 4 is 21.6 Å². The fourth-order valence-electron chi connectivity index (χ4n) is 3.11. The molecule has 1 aliphatic heterocycles. The molecule has 0 amide bonds. The average Bonchev–Trinajstić information content (AvgIpc) is 2.98. The predicted molar refractivity (Wildman–Crippen MR) is 109 cm³/mol. The van der Waals surface area contributed by atoms with Crippen molar-refractivity contribution in [1.29, 1.82) is 0 Å². The molecule has 9 heteroatoms. The first kappa shape index (κ1) is 19.8. The van der Waals surface area contributed by atoms with Crippen molar-refractivity contribution in [2.24, 2.45) is 7.05 Å². The minimum absolute atomic E-state index is 0.0925. The van der Waals surface area contributed by atoms with Gasteiger partial charge in [-0.25, -0.2) is 13.4 Å². The van der Waals surface area contributed by atoms with E-state index in [1.54, 1.807) is 47.3 Å². The number of aromatic nitrogens is 2. The summed E-state index contributed by atoms with van der Waals surface area (Å²) in [4.78, 5) is 4.43. The van der Waals surface area contributed by atoms with Crippen LogP contribution in [0.4, 0.5) is 0 Å². The molecule has 0 bridgehead atoms. The van der Waals surface area contributed by atoms with Crippen LogP contribution in [-0.2, 0) is 17.1 Å². The normalized spacial score (nSPS) is 15.0. The van der Waals surface area contributed by atoms with Crippen LogP contribution in [0.3, 0.4) is 0 Å². The van der Waals surface area contributed by atoms with Crippen molar-refractivity contribution < 1.29 is 17.9 Å². The molecule has 1 N–H and O–H groups in total. The first-order chi connectivity index (χ1) is 13.9. The van der Waals surface area contributed by atoms with E-state index in [2.05, 4.69) is 9.71 Å². The summed E-state index contributed by atoms with van der Waals surface area (Å²) in [5, 5.41) is 0.568. The van der Waals surface area contributed by atoms with E-state index < -0.39 is 16.1 Å². The molecule has 152 valence electrons. The van der Waals surface area contributed by atoms with E-state index in [0.717, 1.165) is 12.0 Å². The average molecular weight is 434 g/mol. The molecule has 29 heavy (non-hydrogen) atoms. The van der Waals surface area contributed by atoms with Gasteiger partial charge in [-0.05, 0) is 29.8 Å². The largest absolute Gasteiger partial charge is 0.490 e. The standard InChI is InChI=1S/C20H20ClN3O4S/c1-24-10-9-22-20(24)19(14-3-5-15(21)6-4-14)23-29(25,26)16-7-8-17-18(13-16)28-12-2-11-27-17/h3-10,13,19,23H,2,11-12H2,1H3/t19-/m0/s1. The quantitative estimate of drug-likeness (QED) is 0.667. The van der Waals surface area contributed by atoms with Crippen molar-refractivity contribution in [3.8, 4) is 11.5 Å². The molecule has 1 aliphatic rings. The van der Waals surface area contributed by atoms with Crippen LogP contribution in [0.5, 0.6) is 11.5 Å². The maximum absolute atomic E-state index is 13.2. The van der Waals surface area contributed by atoms with Crippen molar-refractivity contribution in [3.63, 3.8) is 0 Å². The van der Waals surface area contributed by atoms with Crippen LogP contribution in [0.1, 0.15) is 23.9 Å². The van der Waals surface area contributed by atoms with E-state index in [0.29, 0.717) is 35.6 Å². The maximum atomic E-state index is 13.2. The predicted octanol–water partition coefficient (Wildman–Crippen LogP) is 3.30. The number of benzene rings is 2. The molecule has 1 atom stereocenters. The molecular weight excluding hydrogens is 414 g/mol. The summed E-state index contributed by atoms with van der Waals surface area (Å²) in [5.74, 6) is 1.52. The van der Waals surface area contributed by atoms with Crippen LogP contribution in [0.25, 0.3) is 0 Å². The molecule has 0 spiro atoms. The minimum atomic E-state index is -3.88. The third kappa shape index (κ3) is 4.24. The van der Waals surface area contributed by atoms with Gasteiger partial charge in [0.1, 0.15) is 11.9 Å². The Bertz CT molecular complexity index is 1110. The molecule has 3 aromatic rings. The lowest BCUT2D eigenvalue weighted by Gasteiger charge is -2.20. The molecule has 2 heterocycles. The molecule has 0 fully saturated rings. The number of sulfonamides is 1. The Morgan fingerprint density at radius 1 is 1.10 bits per heavy atom. The molecule has 0 radical (unpaired) electrons. The lowest BCUT2D eigenvalue weighted by molar-refractivity contribution is 0.297. The van der Waals surface area contributed by atoms with E-state index in [9.17, 15) is 8.42 Å². The summed E-state index contributed by atoms with van der Waals surface area (Å²) < 4.78 is 42.1. The number of fused-ring (bicyclic) bond motifs is 1. The van der Waals surface area contributed by atoms with Crippen LogP contribution in [0.15, 0.2) is 59.8 Å². The first-order valence-corrected chi connectivity index (χ1v) is 10.9. The molecule has 4 rings (SSSR count). The highest BCUT2D eigenvalue weighted by Crippen LogP contribution is 2.33. The number of aryl methyl sites for hydroxylation is 1. The molecule has 0 aliphatic carbocycles. The van der Waals surface area contributed by atoms with Crippen LogP contribution < -0.4 is 14.2 Å². The highest BCUT2D eigenvalue weighted by molar-refractivity contribution is 7.89. The van der Waals surface area contributed by atoms with Gasteiger partial charge in [-0.3, -0.25) is 0 Å². The topological polar surface area (TPSA) is 82.5 Å². The number of rotatable bonds is 5. The smallest absolute Gasteiger partial charge is 0.241 e. The van der Waals surface area contributed by atoms with Gasteiger partial charge < -0.3 is 14.0 Å². The van der Waals surface area contributed by atoms with E-state index in [1.807, 2.05) is 7.05 Å². The Kier molecular flexibility index (Phi) is 5.49. The van der Waals surface area contributed by atoms with Crippen molar-refractivity contribution in [1.82, 2.24) is 14.3 Å². The van der Waals surface area contributed by atoms with E-state index in [1.165, 1.54) is 12.1 Å². The van der Waals surface area contributed by atoms with Crippen LogP contribution >= 0.6 is 11.6 Å². The second-order valence-corrected chi connectivity index (χ2v) is 8.81. The zero-order chi connectivity index (χ0) is 20.4. The van der Waals surface area contributed by atoms with Crippen LogP contribution in [0, 0.1) is 0 Å². The lowest BCUT2D eigenvalue weighted by Crippen LogP contribution is -2.31. The molecule has 0 saturated heterocycles. The van der Waals surface area contributed by atoms with Gasteiger partial charge in [0.15, 0.2) is 11.5 Å². The SMILES string of the molecule is Cn1ccnc1[C@@H](NS(=O)(=O)c1ccc2c(c1)OCCCO2)c1ccc(Cl)cc1. The fraction of sp³-hybridized carbons (Fsp3) is 0.250. The van der Waals surface area contributed by atoms with E-state index in [4.69, 9.17) is 21.1 Å². The third-order valence-electron chi connectivity index (χ3n) is 4.62. The zero-order valence-electron chi connectivity index (χ0n) is 15.7. The van der Waals surface area contributed by atoms with Gasteiger partial charge in [0, 0.05) is 37.0 Å². The molecular formula is C20H20ClN3O4S. The van der Waals surface area contributed by atoms with Crippen molar-refractivity contribution in [2.75, 3.05) is 13.2 Å². The Morgan fingerprint density at radius 2 is 1.83 bits per heavy atom. The van der Waals surface area contributed by atoms with Gasteiger partial charge in [-0.2, -0.15) is 4.72 Å². The number of halogens is 1. The summed E-state index contributed by atoms with van der Waals surface area (Å²) in [5.41, 5.74) is 0.724. The number of hydrogen-bond acceptors (Lipinski definition) is 5. The second-order valence-electron chi connectivity index (χ2n) is 6.66. The Hall–Kier alpha value is -2.55. The summed E-state index contributed by atoms with van der Waals surface area (Å²) in [6.45, 7) is 1.01. The minimum Gasteiger partial charge on any atom is -0.490 e. The summed E-state index contributed by atoms with van der Waals surface area (Å²) in [7, 11) is -2.07. The van der Waals surface area contributed by atoms with Gasteiger partial charge in [0.05, 0.1) is 18.1 Å². The monoisotopic (exact) mass is 433 g/mol. The second kappa shape index (κ2) is 8.06. The van der Waals surface area contributed by atoms with Gasteiger partial charge >= 0.3 is 0 Å². The molecule has 0 unspecified atom stereocenters. The van der Waals surface area contributed by atoms with Crippen LogP contribution in [-0.4, -0.2) is 31.2 Å². The lowest BCUT2D eigenvalue weighted by atomic mass is 10.1. The Balaban J connectivity index is 1.70. The molecule has 0 saturated carbocycles. The number of nitrogens with one attached hydrogen (secondary N) is 1. The third-order valence-corrected chi connectivity index (χ3v) is 6.29. The highest BCUT2D eigenvalue weighted by atomic mass is 35.5. The number of nitrogens with zero attached hydrogens (tertiary/aromatic N) is 2. The van der Waals surface area contributed by atoms with Crippen molar-refractivity contribution in [3.05, 3.63) is 71.3 Å². The molecule has 2 aromatic carbocycles. The molecule has 1 aromatic heterocycles. The van der Waals surface area contributed by atoms with Gasteiger partial charge in [0.25, 0.3) is 0 Å². The van der Waals surface area contributed by atoms with Gasteiger partial charge in [-0.15, -0.1) is 0 Å². The number of imidazole rings is 1. The zero-order valence-corrected chi connectivity index (χ0v) is 17.3. The van der Waals surface area contributed by atoms with Crippen LogP contribution in [0.2, 0.25) is 5.02 Å². The summed E-state index contributed by atoms with van der Waals surface area (Å²) >= 11 is 6.00. The number of ether oxygens (including phenoxy) is 2. The van der Waals surface area contributed by atoms with Gasteiger partial charge in [0.2, 0.25) is 10.0 Å². The highest BCUT2D eigenvalue weighted by Gasteiger charge is 2.27. The fourth-order valence-corrected chi connectivity index (χ4v) is 4.44. The summed E-state index contributed by atoms with van der Waals surface area (Å²) in [6.07, 6.45) is 4.13. The first-order valence-electron chi connectivity index (χ1n) is 9.09. The van der Waals surface area contributed by atoms with Crippen molar-refractivity contribution in [2.45, 2.75) is 17.4 Å². The Morgan fingerprint density at radius 3 is 2.52 bits per heavy atom.